The van der Waals surface area contributed by atoms with Gasteiger partial charge in [0.1, 0.15) is 11.0 Å². The standard InChI is InChI=1S/C44H40N6O2/c1-47(2)33-19-9-29(10-20-33)13-27-37-39-42(52-43(45-39)31-15-23-35(24-16-31)49(5)6)38(28-14-30-11-21-34(22-12-30)48(3)4)40-41(37)51-44(46-40)32-17-25-36(26-18-32)50(7)8/h9-12,15-26H,1-8H3. The zero-order valence-electron chi connectivity index (χ0n) is 30.7. The van der Waals surface area contributed by atoms with E-state index in [0.29, 0.717) is 45.1 Å². The molecule has 0 unspecified atom stereocenters. The SMILES string of the molecule is CN(C)c1ccc(C#Cc2c3nc(-c4ccc(N(C)C)cc4)oc3c(C#Cc3ccc(N(C)C)cc3)c3nc(-c4ccc(N(C)C)cc4)oc23)cc1. The summed E-state index contributed by atoms with van der Waals surface area (Å²) in [6.45, 7) is 0. The number of anilines is 4. The number of oxazole rings is 2. The molecule has 0 fully saturated rings. The van der Waals surface area contributed by atoms with Crippen LogP contribution in [0.4, 0.5) is 22.7 Å². The van der Waals surface area contributed by atoms with Gasteiger partial charge in [0.05, 0.1) is 11.1 Å². The first kappa shape index (κ1) is 33.8. The number of hydrogen-bond acceptors (Lipinski definition) is 8. The monoisotopic (exact) mass is 684 g/mol. The lowest BCUT2D eigenvalue weighted by Gasteiger charge is -2.11. The van der Waals surface area contributed by atoms with E-state index in [9.17, 15) is 0 Å². The molecule has 0 amide bonds. The first-order valence-electron chi connectivity index (χ1n) is 17.0. The summed E-state index contributed by atoms with van der Waals surface area (Å²) in [5.41, 5.74) is 11.1. The van der Waals surface area contributed by atoms with Gasteiger partial charge in [-0.1, -0.05) is 23.7 Å². The van der Waals surface area contributed by atoms with Crippen LogP contribution in [0.2, 0.25) is 0 Å². The van der Waals surface area contributed by atoms with Gasteiger partial charge < -0.3 is 28.4 Å². The molecule has 2 aromatic heterocycles. The minimum Gasteiger partial charge on any atom is -0.435 e. The highest BCUT2D eigenvalue weighted by molar-refractivity contribution is 6.04. The van der Waals surface area contributed by atoms with Crippen molar-refractivity contribution in [3.63, 3.8) is 0 Å². The van der Waals surface area contributed by atoms with Gasteiger partial charge in [0.15, 0.2) is 11.2 Å². The summed E-state index contributed by atoms with van der Waals surface area (Å²) in [6, 6.07) is 32.4. The van der Waals surface area contributed by atoms with Crippen LogP contribution >= 0.6 is 0 Å². The predicted molar refractivity (Wildman–Crippen MR) is 215 cm³/mol. The largest absolute Gasteiger partial charge is 0.435 e. The highest BCUT2D eigenvalue weighted by atomic mass is 16.4. The van der Waals surface area contributed by atoms with Gasteiger partial charge in [0.2, 0.25) is 11.8 Å². The Kier molecular flexibility index (Phi) is 9.07. The van der Waals surface area contributed by atoms with Crippen molar-refractivity contribution in [3.05, 3.63) is 119 Å². The van der Waals surface area contributed by atoms with Gasteiger partial charge >= 0.3 is 0 Å². The summed E-state index contributed by atoms with van der Waals surface area (Å²) in [4.78, 5) is 18.3. The number of rotatable bonds is 6. The number of fused-ring (bicyclic) bond motifs is 2. The fraction of sp³-hybridized carbons (Fsp3) is 0.182. The molecular weight excluding hydrogens is 645 g/mol. The summed E-state index contributed by atoms with van der Waals surface area (Å²) < 4.78 is 13.3. The van der Waals surface area contributed by atoms with Crippen molar-refractivity contribution in [2.75, 3.05) is 76.0 Å². The molecule has 0 bridgehead atoms. The number of aromatic nitrogens is 2. The molecule has 52 heavy (non-hydrogen) atoms. The summed E-state index contributed by atoms with van der Waals surface area (Å²) in [5, 5.41) is 0. The lowest BCUT2D eigenvalue weighted by Crippen LogP contribution is -2.07. The van der Waals surface area contributed by atoms with E-state index >= 15 is 0 Å². The van der Waals surface area contributed by atoms with Crippen molar-refractivity contribution in [1.29, 1.82) is 0 Å². The lowest BCUT2D eigenvalue weighted by atomic mass is 10.1. The maximum Gasteiger partial charge on any atom is 0.227 e. The second kappa shape index (κ2) is 13.9. The number of nitrogens with zero attached hydrogens (tertiary/aromatic N) is 6. The van der Waals surface area contributed by atoms with Crippen LogP contribution in [0.15, 0.2) is 106 Å². The van der Waals surface area contributed by atoms with Crippen molar-refractivity contribution in [2.45, 2.75) is 0 Å². The van der Waals surface area contributed by atoms with E-state index in [2.05, 4.69) is 67.5 Å². The van der Waals surface area contributed by atoms with Crippen LogP contribution < -0.4 is 19.6 Å². The fourth-order valence-electron chi connectivity index (χ4n) is 5.77. The Labute approximate surface area is 304 Å². The highest BCUT2D eigenvalue weighted by Crippen LogP contribution is 2.38. The molecule has 5 aromatic carbocycles. The van der Waals surface area contributed by atoms with Gasteiger partial charge in [0.25, 0.3) is 0 Å². The second-order valence-corrected chi connectivity index (χ2v) is 13.4. The second-order valence-electron chi connectivity index (χ2n) is 13.4. The van der Waals surface area contributed by atoms with E-state index in [1.54, 1.807) is 0 Å². The maximum atomic E-state index is 6.63. The molecule has 0 saturated carbocycles. The molecule has 8 nitrogen and oxygen atoms in total. The third-order valence-corrected chi connectivity index (χ3v) is 8.87. The van der Waals surface area contributed by atoms with Gasteiger partial charge in [-0.05, 0) is 97.1 Å². The number of hydrogen-bond donors (Lipinski definition) is 0. The quantitative estimate of drug-likeness (QED) is 0.162. The van der Waals surface area contributed by atoms with Gasteiger partial charge in [-0.3, -0.25) is 0 Å². The average molecular weight is 685 g/mol. The molecule has 0 saturated heterocycles. The maximum absolute atomic E-state index is 6.63. The topological polar surface area (TPSA) is 65.0 Å². The minimum atomic E-state index is 0.462. The third kappa shape index (κ3) is 6.75. The Morgan fingerprint density at radius 3 is 0.962 bits per heavy atom. The Hall–Kier alpha value is -6.64. The Morgan fingerprint density at radius 1 is 0.385 bits per heavy atom. The van der Waals surface area contributed by atoms with Crippen molar-refractivity contribution < 1.29 is 8.83 Å². The van der Waals surface area contributed by atoms with E-state index in [1.165, 1.54) is 0 Å². The van der Waals surface area contributed by atoms with E-state index in [1.807, 2.05) is 129 Å². The average Bonchev–Trinajstić information content (AvgIpc) is 3.79. The Bertz CT molecular complexity index is 2270. The number of benzene rings is 5. The fourth-order valence-corrected chi connectivity index (χ4v) is 5.77. The molecule has 0 aliphatic rings. The van der Waals surface area contributed by atoms with Crippen LogP contribution in [0.1, 0.15) is 22.3 Å². The van der Waals surface area contributed by atoms with Crippen LogP contribution in [0.3, 0.4) is 0 Å². The first-order chi connectivity index (χ1) is 25.0. The molecule has 8 heteroatoms. The normalized spacial score (nSPS) is 10.8. The molecular formula is C44H40N6O2. The third-order valence-electron chi connectivity index (χ3n) is 8.87. The lowest BCUT2D eigenvalue weighted by molar-refractivity contribution is 0.617. The molecule has 0 aliphatic carbocycles. The minimum absolute atomic E-state index is 0.462. The molecule has 0 N–H and O–H groups in total. The van der Waals surface area contributed by atoms with Crippen LogP contribution in [0.5, 0.6) is 0 Å². The van der Waals surface area contributed by atoms with E-state index in [-0.39, 0.29) is 0 Å². The van der Waals surface area contributed by atoms with E-state index < -0.39 is 0 Å². The molecule has 258 valence electrons. The summed E-state index contributed by atoms with van der Waals surface area (Å²) in [6.07, 6.45) is 0. The van der Waals surface area contributed by atoms with Gasteiger partial charge in [-0.15, -0.1) is 0 Å². The molecule has 0 atom stereocenters. The van der Waals surface area contributed by atoms with Crippen LogP contribution in [-0.4, -0.2) is 66.3 Å². The van der Waals surface area contributed by atoms with Crippen LogP contribution in [0, 0.1) is 23.7 Å². The summed E-state index contributed by atoms with van der Waals surface area (Å²) in [7, 11) is 16.1. The molecule has 2 heterocycles. The van der Waals surface area contributed by atoms with Crippen molar-refractivity contribution in [1.82, 2.24) is 9.97 Å². The van der Waals surface area contributed by atoms with E-state index in [4.69, 9.17) is 18.8 Å². The summed E-state index contributed by atoms with van der Waals surface area (Å²) in [5.74, 6) is 14.4. The van der Waals surface area contributed by atoms with Crippen LogP contribution in [-0.2, 0) is 0 Å². The molecule has 0 radical (unpaired) electrons. The van der Waals surface area contributed by atoms with Crippen molar-refractivity contribution in [3.8, 4) is 46.6 Å². The van der Waals surface area contributed by atoms with Crippen molar-refractivity contribution >= 4 is 44.9 Å². The predicted octanol–water partition coefficient (Wildman–Crippen LogP) is 8.37. The Balaban J connectivity index is 1.47. The zero-order valence-corrected chi connectivity index (χ0v) is 30.7. The molecule has 7 aromatic rings. The van der Waals surface area contributed by atoms with Gasteiger partial charge in [-0.25, -0.2) is 9.97 Å². The molecule has 0 spiro atoms. The van der Waals surface area contributed by atoms with Crippen molar-refractivity contribution in [2.24, 2.45) is 0 Å². The molecule has 0 aliphatic heterocycles. The van der Waals surface area contributed by atoms with Crippen LogP contribution in [0.25, 0.3) is 45.1 Å². The Morgan fingerprint density at radius 2 is 0.673 bits per heavy atom. The van der Waals surface area contributed by atoms with E-state index in [0.717, 1.165) is 45.0 Å². The van der Waals surface area contributed by atoms with Gasteiger partial charge in [0, 0.05) is 101 Å². The highest BCUT2D eigenvalue weighted by Gasteiger charge is 2.24. The summed E-state index contributed by atoms with van der Waals surface area (Å²) >= 11 is 0. The molecule has 7 rings (SSSR count). The zero-order chi connectivity index (χ0) is 36.5. The smallest absolute Gasteiger partial charge is 0.227 e. The van der Waals surface area contributed by atoms with Gasteiger partial charge in [-0.2, -0.15) is 0 Å². The first-order valence-corrected chi connectivity index (χ1v) is 17.0.